The largest absolute Gasteiger partial charge is 0.376 e. The van der Waals surface area contributed by atoms with Crippen LogP contribution in [-0.4, -0.2) is 29.7 Å². The molecular formula is C8H18O3. The Morgan fingerprint density at radius 1 is 1.18 bits per heavy atom. The van der Waals surface area contributed by atoms with E-state index in [1.54, 1.807) is 0 Å². The second kappa shape index (κ2) is 7.98. The van der Waals surface area contributed by atoms with E-state index in [-0.39, 0.29) is 6.61 Å². The average molecular weight is 162 g/mol. The highest BCUT2D eigenvalue weighted by Gasteiger charge is 1.95. The number of aliphatic hydroxyl groups is 2. The zero-order valence-corrected chi connectivity index (χ0v) is 7.12. The lowest BCUT2D eigenvalue weighted by atomic mass is 10.2. The fourth-order valence-electron chi connectivity index (χ4n) is 0.820. The van der Waals surface area contributed by atoms with Crippen LogP contribution in [0.15, 0.2) is 0 Å². The highest BCUT2D eigenvalue weighted by molar-refractivity contribution is 4.39. The molecule has 0 aromatic heterocycles. The maximum absolute atomic E-state index is 8.39. The first-order chi connectivity index (χ1) is 5.27. The first-order valence-corrected chi connectivity index (χ1v) is 4.21. The first-order valence-electron chi connectivity index (χ1n) is 4.21. The van der Waals surface area contributed by atoms with Crippen LogP contribution < -0.4 is 0 Å². The SMILES string of the molecule is CCCCCCOCC(O)O. The number of ether oxygens (including phenoxy) is 1. The summed E-state index contributed by atoms with van der Waals surface area (Å²) in [6, 6.07) is 0. The normalized spacial score (nSPS) is 10.9. The molecule has 0 saturated carbocycles. The van der Waals surface area contributed by atoms with Gasteiger partial charge in [0, 0.05) is 6.61 Å². The molecule has 0 aliphatic carbocycles. The molecule has 68 valence electrons. The molecule has 0 spiro atoms. The Morgan fingerprint density at radius 3 is 2.45 bits per heavy atom. The fourth-order valence-corrected chi connectivity index (χ4v) is 0.820. The molecule has 0 heterocycles. The van der Waals surface area contributed by atoms with Gasteiger partial charge in [-0.2, -0.15) is 0 Å². The van der Waals surface area contributed by atoms with Crippen LogP contribution in [0.5, 0.6) is 0 Å². The molecule has 0 saturated heterocycles. The van der Waals surface area contributed by atoms with E-state index in [4.69, 9.17) is 14.9 Å². The molecule has 3 heteroatoms. The maximum Gasteiger partial charge on any atom is 0.175 e. The fraction of sp³-hybridized carbons (Fsp3) is 1.00. The number of hydrogen-bond acceptors (Lipinski definition) is 3. The predicted octanol–water partition coefficient (Wildman–Crippen LogP) is 0.894. The molecule has 0 amide bonds. The minimum Gasteiger partial charge on any atom is -0.376 e. The van der Waals surface area contributed by atoms with Crippen LogP contribution in [0.25, 0.3) is 0 Å². The summed E-state index contributed by atoms with van der Waals surface area (Å²) < 4.78 is 4.94. The van der Waals surface area contributed by atoms with Crippen LogP contribution in [-0.2, 0) is 4.74 Å². The quantitative estimate of drug-likeness (QED) is 0.432. The number of hydrogen-bond donors (Lipinski definition) is 2. The monoisotopic (exact) mass is 162 g/mol. The van der Waals surface area contributed by atoms with Gasteiger partial charge in [-0.3, -0.25) is 0 Å². The molecule has 0 aliphatic heterocycles. The van der Waals surface area contributed by atoms with E-state index in [1.807, 2.05) is 0 Å². The molecule has 0 aromatic carbocycles. The van der Waals surface area contributed by atoms with Crippen molar-refractivity contribution in [1.29, 1.82) is 0 Å². The summed E-state index contributed by atoms with van der Waals surface area (Å²) in [5.74, 6) is 0. The molecule has 0 rings (SSSR count). The molecule has 0 bridgehead atoms. The van der Waals surface area contributed by atoms with Crippen molar-refractivity contribution in [2.24, 2.45) is 0 Å². The van der Waals surface area contributed by atoms with Gasteiger partial charge >= 0.3 is 0 Å². The van der Waals surface area contributed by atoms with Crippen LogP contribution in [0.3, 0.4) is 0 Å². The highest BCUT2D eigenvalue weighted by Crippen LogP contribution is 1.98. The van der Waals surface area contributed by atoms with Crippen LogP contribution in [0.2, 0.25) is 0 Å². The summed E-state index contributed by atoms with van der Waals surface area (Å²) in [5.41, 5.74) is 0. The van der Waals surface area contributed by atoms with Gasteiger partial charge in [-0.15, -0.1) is 0 Å². The van der Waals surface area contributed by atoms with Crippen LogP contribution >= 0.6 is 0 Å². The Bertz CT molecular complexity index is 73.7. The maximum atomic E-state index is 8.39. The first kappa shape index (κ1) is 10.9. The van der Waals surface area contributed by atoms with Crippen molar-refractivity contribution in [2.75, 3.05) is 13.2 Å². The van der Waals surface area contributed by atoms with E-state index in [0.29, 0.717) is 6.61 Å². The highest BCUT2D eigenvalue weighted by atomic mass is 16.5. The average Bonchev–Trinajstić information content (AvgIpc) is 1.96. The van der Waals surface area contributed by atoms with Gasteiger partial charge in [-0.05, 0) is 6.42 Å². The van der Waals surface area contributed by atoms with Gasteiger partial charge in [0.25, 0.3) is 0 Å². The minimum absolute atomic E-state index is 0.0339. The number of aliphatic hydroxyl groups excluding tert-OH is 1. The van der Waals surface area contributed by atoms with Crippen molar-refractivity contribution in [2.45, 2.75) is 38.9 Å². The molecule has 0 radical (unpaired) electrons. The Balaban J connectivity index is 2.80. The summed E-state index contributed by atoms with van der Waals surface area (Å²) in [4.78, 5) is 0. The van der Waals surface area contributed by atoms with Crippen molar-refractivity contribution < 1.29 is 14.9 Å². The minimum atomic E-state index is -1.32. The molecular weight excluding hydrogens is 144 g/mol. The molecule has 0 unspecified atom stereocenters. The Labute approximate surface area is 68.0 Å². The van der Waals surface area contributed by atoms with E-state index in [0.717, 1.165) is 12.8 Å². The van der Waals surface area contributed by atoms with Crippen molar-refractivity contribution in [3.05, 3.63) is 0 Å². The summed E-state index contributed by atoms with van der Waals surface area (Å²) in [7, 11) is 0. The van der Waals surface area contributed by atoms with E-state index < -0.39 is 6.29 Å². The van der Waals surface area contributed by atoms with Gasteiger partial charge in [-0.25, -0.2) is 0 Å². The molecule has 11 heavy (non-hydrogen) atoms. The number of unbranched alkanes of at least 4 members (excludes halogenated alkanes) is 3. The third-order valence-corrected chi connectivity index (χ3v) is 1.41. The van der Waals surface area contributed by atoms with Crippen molar-refractivity contribution in [3.8, 4) is 0 Å². The second-order valence-electron chi connectivity index (χ2n) is 2.62. The van der Waals surface area contributed by atoms with Gasteiger partial charge in [0.15, 0.2) is 6.29 Å². The Morgan fingerprint density at radius 2 is 1.91 bits per heavy atom. The van der Waals surface area contributed by atoms with E-state index in [9.17, 15) is 0 Å². The lowest BCUT2D eigenvalue weighted by molar-refractivity contribution is -0.0949. The molecule has 3 nitrogen and oxygen atoms in total. The molecule has 0 aliphatic rings. The smallest absolute Gasteiger partial charge is 0.175 e. The van der Waals surface area contributed by atoms with E-state index >= 15 is 0 Å². The van der Waals surface area contributed by atoms with Gasteiger partial charge < -0.3 is 14.9 Å². The second-order valence-corrected chi connectivity index (χ2v) is 2.62. The predicted molar refractivity (Wildman–Crippen MR) is 43.2 cm³/mol. The summed E-state index contributed by atoms with van der Waals surface area (Å²) in [6.07, 6.45) is 3.30. The van der Waals surface area contributed by atoms with E-state index in [1.165, 1.54) is 12.8 Å². The third kappa shape index (κ3) is 9.88. The van der Waals surface area contributed by atoms with Gasteiger partial charge in [-0.1, -0.05) is 26.2 Å². The van der Waals surface area contributed by atoms with Crippen LogP contribution in [0, 0.1) is 0 Å². The van der Waals surface area contributed by atoms with Gasteiger partial charge in [0.2, 0.25) is 0 Å². The molecule has 0 aromatic rings. The third-order valence-electron chi connectivity index (χ3n) is 1.41. The van der Waals surface area contributed by atoms with Crippen molar-refractivity contribution >= 4 is 0 Å². The zero-order chi connectivity index (χ0) is 8.53. The van der Waals surface area contributed by atoms with Gasteiger partial charge in [0.05, 0.1) is 6.61 Å². The van der Waals surface area contributed by atoms with Crippen LogP contribution in [0.1, 0.15) is 32.6 Å². The molecule has 2 N–H and O–H groups in total. The Hall–Kier alpha value is -0.120. The lowest BCUT2D eigenvalue weighted by Gasteiger charge is -2.04. The summed E-state index contributed by atoms with van der Waals surface area (Å²) in [6.45, 7) is 2.82. The molecule has 0 atom stereocenters. The summed E-state index contributed by atoms with van der Waals surface area (Å²) >= 11 is 0. The van der Waals surface area contributed by atoms with Crippen molar-refractivity contribution in [1.82, 2.24) is 0 Å². The van der Waals surface area contributed by atoms with Crippen molar-refractivity contribution in [3.63, 3.8) is 0 Å². The lowest BCUT2D eigenvalue weighted by Crippen LogP contribution is -2.14. The van der Waals surface area contributed by atoms with Gasteiger partial charge in [0.1, 0.15) is 0 Å². The standard InChI is InChI=1S/C8H18O3/c1-2-3-4-5-6-11-7-8(9)10/h8-10H,2-7H2,1H3. The Kier molecular flexibility index (Phi) is 7.89. The zero-order valence-electron chi connectivity index (χ0n) is 7.12. The summed E-state index contributed by atoms with van der Waals surface area (Å²) in [5, 5.41) is 16.8. The van der Waals surface area contributed by atoms with Crippen LogP contribution in [0.4, 0.5) is 0 Å². The topological polar surface area (TPSA) is 49.7 Å². The number of rotatable bonds is 7. The van der Waals surface area contributed by atoms with E-state index in [2.05, 4.69) is 6.92 Å². The molecule has 0 fully saturated rings.